The van der Waals surface area contributed by atoms with Crippen molar-refractivity contribution in [1.82, 2.24) is 4.60 Å². The molecule has 42 heavy (non-hydrogen) atoms. The summed E-state index contributed by atoms with van der Waals surface area (Å²) in [5.74, 6) is 2.23. The van der Waals surface area contributed by atoms with Gasteiger partial charge in [0.1, 0.15) is 17.2 Å². The van der Waals surface area contributed by atoms with Crippen LogP contribution in [0.5, 0.6) is 17.2 Å². The van der Waals surface area contributed by atoms with Crippen LogP contribution in [-0.2, 0) is 21.1 Å². The monoisotopic (exact) mass is 628 g/mol. The molecule has 0 saturated heterocycles. The SMILES string of the molecule is CCCON(POc1ccc(C(C)(C)C)cc1)P(N=POc1ccc(C(C)(C)C)cc1)Oc1ccc(C(C)(C)C)cc1. The highest BCUT2D eigenvalue weighted by atomic mass is 31.2. The van der Waals surface area contributed by atoms with Crippen LogP contribution in [0.15, 0.2) is 77.3 Å². The highest BCUT2D eigenvalue weighted by molar-refractivity contribution is 7.60. The third-order valence-electron chi connectivity index (χ3n) is 6.42. The van der Waals surface area contributed by atoms with Gasteiger partial charge in [0.05, 0.1) is 6.61 Å². The van der Waals surface area contributed by atoms with Crippen molar-refractivity contribution in [3.8, 4) is 17.2 Å². The van der Waals surface area contributed by atoms with Crippen molar-refractivity contribution in [1.29, 1.82) is 0 Å². The Labute approximate surface area is 258 Å². The summed E-state index contributed by atoms with van der Waals surface area (Å²) < 4.78 is 25.1. The van der Waals surface area contributed by atoms with E-state index in [2.05, 4.69) is 106 Å². The molecule has 0 amide bonds. The van der Waals surface area contributed by atoms with Gasteiger partial charge in [0.25, 0.3) is 8.60 Å². The van der Waals surface area contributed by atoms with Crippen LogP contribution in [-0.4, -0.2) is 11.2 Å². The highest BCUT2D eigenvalue weighted by Gasteiger charge is 2.26. The summed E-state index contributed by atoms with van der Waals surface area (Å²) in [6.07, 6.45) is 0.846. The molecule has 3 aromatic carbocycles. The normalized spacial score (nSPS) is 13.7. The van der Waals surface area contributed by atoms with Crippen LogP contribution in [0.4, 0.5) is 0 Å². The molecule has 0 spiro atoms. The summed E-state index contributed by atoms with van der Waals surface area (Å²) in [6, 6.07) is 24.5. The third kappa shape index (κ3) is 10.9. The minimum atomic E-state index is -1.61. The average molecular weight is 629 g/mol. The van der Waals surface area contributed by atoms with Crippen LogP contribution in [0.3, 0.4) is 0 Å². The van der Waals surface area contributed by atoms with Gasteiger partial charge in [-0.05, 0) is 75.8 Å². The van der Waals surface area contributed by atoms with Crippen molar-refractivity contribution >= 4 is 26.0 Å². The van der Waals surface area contributed by atoms with E-state index in [1.807, 2.05) is 36.4 Å². The Bertz CT molecular complexity index is 1260. The molecule has 0 aliphatic heterocycles. The molecular formula is C33H47N2O4P3. The van der Waals surface area contributed by atoms with Crippen molar-refractivity contribution in [3.05, 3.63) is 89.5 Å². The van der Waals surface area contributed by atoms with Crippen LogP contribution in [0, 0.1) is 0 Å². The fourth-order valence-corrected chi connectivity index (χ4v) is 6.68. The first kappa shape index (κ1) is 34.4. The van der Waals surface area contributed by atoms with Gasteiger partial charge in [-0.1, -0.05) is 110 Å². The van der Waals surface area contributed by atoms with E-state index in [-0.39, 0.29) is 25.2 Å². The topological polar surface area (TPSA) is 52.5 Å². The maximum absolute atomic E-state index is 6.43. The summed E-state index contributed by atoms with van der Waals surface area (Å²) in [4.78, 5) is 6.13. The fourth-order valence-electron chi connectivity index (χ4n) is 3.72. The fraction of sp³-hybridized carbons (Fsp3) is 0.455. The summed E-state index contributed by atoms with van der Waals surface area (Å²) in [5, 5.41) is 0. The molecule has 0 saturated carbocycles. The lowest BCUT2D eigenvalue weighted by atomic mass is 9.87. The Morgan fingerprint density at radius 2 is 1.10 bits per heavy atom. The minimum absolute atomic E-state index is 0.0523. The third-order valence-corrected chi connectivity index (χ3v) is 9.79. The Morgan fingerprint density at radius 1 is 0.667 bits per heavy atom. The molecular weight excluding hydrogens is 581 g/mol. The lowest BCUT2D eigenvalue weighted by molar-refractivity contribution is -0.0162. The molecule has 2 unspecified atom stereocenters. The van der Waals surface area contributed by atoms with Gasteiger partial charge >= 0.3 is 8.45 Å². The van der Waals surface area contributed by atoms with E-state index in [1.54, 1.807) is 4.60 Å². The molecule has 0 aliphatic carbocycles. The number of rotatable bonds is 12. The standard InChI is InChI=1S/C33H47N2O4P3/c1-11-24-36-35(41-38-29-20-14-26(15-21-29)32(5,6)7)42(39-30-22-16-27(17-23-30)33(8,9)10)34-40-37-28-18-12-25(13-19-28)31(2,3)4/h12-23,41H,11,24H2,1-10H3. The van der Waals surface area contributed by atoms with Crippen LogP contribution >= 0.6 is 26.0 Å². The van der Waals surface area contributed by atoms with Crippen molar-refractivity contribution in [2.24, 2.45) is 4.52 Å². The quantitative estimate of drug-likeness (QED) is 0.148. The van der Waals surface area contributed by atoms with Gasteiger partial charge in [-0.15, -0.1) is 4.52 Å². The first-order valence-electron chi connectivity index (χ1n) is 14.4. The first-order chi connectivity index (χ1) is 19.7. The van der Waals surface area contributed by atoms with Crippen LogP contribution in [0.2, 0.25) is 0 Å². The van der Waals surface area contributed by atoms with Gasteiger partial charge in [-0.2, -0.15) is 0 Å². The van der Waals surface area contributed by atoms with Gasteiger partial charge in [-0.3, -0.25) is 4.84 Å². The zero-order valence-corrected chi connectivity index (χ0v) is 29.6. The smallest absolute Gasteiger partial charge is 0.337 e. The van der Waals surface area contributed by atoms with Gasteiger partial charge in [0.2, 0.25) is 0 Å². The predicted octanol–water partition coefficient (Wildman–Crippen LogP) is 11.5. The van der Waals surface area contributed by atoms with Crippen LogP contribution < -0.4 is 13.6 Å². The van der Waals surface area contributed by atoms with E-state index in [9.17, 15) is 0 Å². The number of hydrogen-bond donors (Lipinski definition) is 0. The summed E-state index contributed by atoms with van der Waals surface area (Å²) in [6.45, 7) is 22.4. The first-order valence-corrected chi connectivity index (χ1v) is 17.2. The van der Waals surface area contributed by atoms with E-state index >= 15 is 0 Å². The molecule has 0 aromatic heterocycles. The highest BCUT2D eigenvalue weighted by Crippen LogP contribution is 2.52. The van der Waals surface area contributed by atoms with Gasteiger partial charge < -0.3 is 13.6 Å². The molecule has 3 aromatic rings. The van der Waals surface area contributed by atoms with E-state index < -0.39 is 8.45 Å². The van der Waals surface area contributed by atoms with Gasteiger partial charge in [0, 0.05) is 0 Å². The zero-order chi connectivity index (χ0) is 31.0. The Hall–Kier alpha value is -2.06. The molecule has 9 heteroatoms. The molecule has 0 N–H and O–H groups in total. The van der Waals surface area contributed by atoms with Gasteiger partial charge in [-0.25, -0.2) is 0 Å². The lowest BCUT2D eigenvalue weighted by Gasteiger charge is -2.25. The van der Waals surface area contributed by atoms with Crippen molar-refractivity contribution in [3.63, 3.8) is 0 Å². The molecule has 0 radical (unpaired) electrons. The van der Waals surface area contributed by atoms with Crippen molar-refractivity contribution in [2.75, 3.05) is 6.61 Å². The maximum Gasteiger partial charge on any atom is 0.337 e. The second-order valence-corrected chi connectivity index (χ2v) is 16.5. The predicted molar refractivity (Wildman–Crippen MR) is 180 cm³/mol. The van der Waals surface area contributed by atoms with Gasteiger partial charge in [0.15, 0.2) is 8.96 Å². The van der Waals surface area contributed by atoms with Crippen LogP contribution in [0.25, 0.3) is 0 Å². The van der Waals surface area contributed by atoms with E-state index in [1.165, 1.54) is 16.7 Å². The molecule has 2 atom stereocenters. The van der Waals surface area contributed by atoms with E-state index in [0.29, 0.717) is 21.0 Å². The Balaban J connectivity index is 1.82. The largest absolute Gasteiger partial charge is 0.458 e. The van der Waals surface area contributed by atoms with E-state index in [4.69, 9.17) is 22.9 Å². The second kappa shape index (κ2) is 15.1. The van der Waals surface area contributed by atoms with Crippen molar-refractivity contribution in [2.45, 2.75) is 91.9 Å². The Morgan fingerprint density at radius 3 is 1.52 bits per heavy atom. The summed E-state index contributed by atoms with van der Waals surface area (Å²) in [5.41, 5.74) is 3.95. The molecule has 0 heterocycles. The minimum Gasteiger partial charge on any atom is -0.458 e. The molecule has 228 valence electrons. The zero-order valence-electron chi connectivity index (χ0n) is 26.8. The molecule has 0 fully saturated rings. The maximum atomic E-state index is 6.43. The van der Waals surface area contributed by atoms with Crippen LogP contribution in [0.1, 0.15) is 92.3 Å². The summed E-state index contributed by atoms with van der Waals surface area (Å²) >= 11 is 0. The number of nitrogens with zero attached hydrogens (tertiary/aromatic N) is 2. The molecule has 6 nitrogen and oxygen atoms in total. The molecule has 3 rings (SSSR count). The molecule has 0 aliphatic rings. The second-order valence-electron chi connectivity index (χ2n) is 13.2. The lowest BCUT2D eigenvalue weighted by Crippen LogP contribution is -2.13. The average Bonchev–Trinajstić information content (AvgIpc) is 2.92. The number of hydrogen-bond acceptors (Lipinski definition) is 6. The summed E-state index contributed by atoms with van der Waals surface area (Å²) in [7, 11) is -1.35. The molecule has 0 bridgehead atoms. The number of benzene rings is 3. The van der Waals surface area contributed by atoms with E-state index in [0.717, 1.165) is 17.9 Å². The van der Waals surface area contributed by atoms with Crippen molar-refractivity contribution < 1.29 is 18.4 Å². The Kier molecular flexibility index (Phi) is 12.4.